The summed E-state index contributed by atoms with van der Waals surface area (Å²) in [6.07, 6.45) is 1.57. The maximum Gasteiger partial charge on any atom is 0.186 e. The molecule has 96 valence electrons. The molecule has 2 aromatic rings. The van der Waals surface area contributed by atoms with Gasteiger partial charge in [0.1, 0.15) is 6.33 Å². The third-order valence-electron chi connectivity index (χ3n) is 2.75. The smallest absolute Gasteiger partial charge is 0.186 e. The summed E-state index contributed by atoms with van der Waals surface area (Å²) in [7, 11) is 1.89. The zero-order valence-electron chi connectivity index (χ0n) is 10.9. The molecule has 0 saturated carbocycles. The molecule has 18 heavy (non-hydrogen) atoms. The van der Waals surface area contributed by atoms with Crippen molar-refractivity contribution < 1.29 is 0 Å². The van der Waals surface area contributed by atoms with Crippen molar-refractivity contribution >= 4 is 11.8 Å². The topological polar surface area (TPSA) is 56.7 Å². The number of hydrogen-bond donors (Lipinski definition) is 1. The van der Waals surface area contributed by atoms with Crippen LogP contribution in [0.4, 0.5) is 0 Å². The summed E-state index contributed by atoms with van der Waals surface area (Å²) >= 11 is 1.66. The molecule has 2 rings (SSSR count). The van der Waals surface area contributed by atoms with Crippen molar-refractivity contribution in [2.75, 3.05) is 0 Å². The number of hydrogen-bond acceptors (Lipinski definition) is 4. The molecule has 1 aromatic heterocycles. The molecule has 2 N–H and O–H groups in total. The van der Waals surface area contributed by atoms with E-state index < -0.39 is 0 Å². The first kappa shape index (κ1) is 13.1. The van der Waals surface area contributed by atoms with E-state index in [1.807, 2.05) is 14.0 Å². The van der Waals surface area contributed by atoms with Gasteiger partial charge in [-0.05, 0) is 19.4 Å². The van der Waals surface area contributed by atoms with E-state index in [2.05, 4.69) is 41.3 Å². The highest BCUT2D eigenvalue weighted by atomic mass is 32.2. The normalized spacial score (nSPS) is 14.4. The summed E-state index contributed by atoms with van der Waals surface area (Å²) in [6.45, 7) is 4.12. The number of benzene rings is 1. The highest BCUT2D eigenvalue weighted by molar-refractivity contribution is 7.99. The first-order valence-electron chi connectivity index (χ1n) is 5.90. The van der Waals surface area contributed by atoms with Crippen LogP contribution in [0.5, 0.6) is 0 Å². The highest BCUT2D eigenvalue weighted by Crippen LogP contribution is 2.35. The predicted octanol–water partition coefficient (Wildman–Crippen LogP) is 2.30. The fraction of sp³-hybridized carbons (Fsp3) is 0.385. The van der Waals surface area contributed by atoms with Gasteiger partial charge in [-0.2, -0.15) is 5.10 Å². The van der Waals surface area contributed by atoms with Crippen LogP contribution in [0.25, 0.3) is 0 Å². The van der Waals surface area contributed by atoms with Crippen molar-refractivity contribution in [2.24, 2.45) is 12.8 Å². The van der Waals surface area contributed by atoms with Gasteiger partial charge in [0.2, 0.25) is 0 Å². The second-order valence-electron chi connectivity index (χ2n) is 4.48. The second kappa shape index (κ2) is 5.54. The lowest BCUT2D eigenvalue weighted by atomic mass is 10.0. The van der Waals surface area contributed by atoms with Gasteiger partial charge >= 0.3 is 0 Å². The molecule has 0 saturated heterocycles. The van der Waals surface area contributed by atoms with E-state index in [0.29, 0.717) is 0 Å². The molecule has 0 aliphatic carbocycles. The molecule has 0 radical (unpaired) electrons. The number of nitrogens with two attached hydrogens (primary N) is 1. The summed E-state index contributed by atoms with van der Waals surface area (Å²) in [5.41, 5.74) is 8.59. The Bertz CT molecular complexity index is 521. The quantitative estimate of drug-likeness (QED) is 0.859. The maximum absolute atomic E-state index is 6.11. The number of nitrogens with zero attached hydrogens (tertiary/aromatic N) is 3. The van der Waals surface area contributed by atoms with Crippen LogP contribution in [-0.4, -0.2) is 20.8 Å². The minimum Gasteiger partial charge on any atom is -0.327 e. The van der Waals surface area contributed by atoms with Crippen molar-refractivity contribution in [3.8, 4) is 0 Å². The molecular weight excluding hydrogens is 244 g/mol. The van der Waals surface area contributed by atoms with Crippen LogP contribution in [-0.2, 0) is 7.05 Å². The highest BCUT2D eigenvalue weighted by Gasteiger charge is 2.20. The summed E-state index contributed by atoms with van der Waals surface area (Å²) in [4.78, 5) is 4.25. The summed E-state index contributed by atoms with van der Waals surface area (Å²) < 4.78 is 1.77. The minimum atomic E-state index is 0.0495. The lowest BCUT2D eigenvalue weighted by Gasteiger charge is -2.20. The molecule has 2 atom stereocenters. The molecule has 0 amide bonds. The van der Waals surface area contributed by atoms with Crippen LogP contribution in [0.15, 0.2) is 35.7 Å². The fourth-order valence-electron chi connectivity index (χ4n) is 1.83. The Hall–Kier alpha value is -1.33. The van der Waals surface area contributed by atoms with E-state index in [4.69, 9.17) is 5.73 Å². The zero-order valence-corrected chi connectivity index (χ0v) is 11.7. The van der Waals surface area contributed by atoms with Gasteiger partial charge in [0, 0.05) is 13.1 Å². The molecule has 4 nitrogen and oxygen atoms in total. The molecule has 0 spiro atoms. The van der Waals surface area contributed by atoms with Crippen LogP contribution in [0, 0.1) is 6.92 Å². The first-order valence-corrected chi connectivity index (χ1v) is 6.78. The van der Waals surface area contributed by atoms with E-state index in [1.54, 1.807) is 22.8 Å². The molecule has 1 heterocycles. The van der Waals surface area contributed by atoms with Crippen molar-refractivity contribution in [3.63, 3.8) is 0 Å². The van der Waals surface area contributed by atoms with Crippen LogP contribution >= 0.6 is 11.8 Å². The zero-order chi connectivity index (χ0) is 13.1. The molecular formula is C13H18N4S. The van der Waals surface area contributed by atoms with E-state index in [9.17, 15) is 0 Å². The summed E-state index contributed by atoms with van der Waals surface area (Å²) in [6, 6.07) is 8.50. The molecule has 0 fully saturated rings. The van der Waals surface area contributed by atoms with Gasteiger partial charge in [-0.1, -0.05) is 41.6 Å². The Morgan fingerprint density at radius 2 is 2.17 bits per heavy atom. The molecule has 0 aliphatic heterocycles. The van der Waals surface area contributed by atoms with E-state index >= 15 is 0 Å². The van der Waals surface area contributed by atoms with Crippen LogP contribution < -0.4 is 5.73 Å². The molecule has 2 unspecified atom stereocenters. The Balaban J connectivity index is 2.27. The van der Waals surface area contributed by atoms with E-state index in [-0.39, 0.29) is 11.3 Å². The molecule has 5 heteroatoms. The molecule has 0 bridgehead atoms. The second-order valence-corrected chi connectivity index (χ2v) is 5.59. The number of aryl methyl sites for hydroxylation is 2. The average molecular weight is 262 g/mol. The van der Waals surface area contributed by atoms with Crippen molar-refractivity contribution in [2.45, 2.75) is 30.3 Å². The standard InChI is InChI=1S/C13H18N4S/c1-9-5-4-6-11(7-9)12(10(2)14)18-13-15-8-16-17(13)3/h4-8,10,12H,14H2,1-3H3. The molecule has 1 aromatic carbocycles. The van der Waals surface area contributed by atoms with Gasteiger partial charge < -0.3 is 5.73 Å². The van der Waals surface area contributed by atoms with Gasteiger partial charge in [-0.3, -0.25) is 0 Å². The van der Waals surface area contributed by atoms with Crippen LogP contribution in [0.2, 0.25) is 0 Å². The summed E-state index contributed by atoms with van der Waals surface area (Å²) in [5, 5.41) is 5.16. The Kier molecular flexibility index (Phi) is 4.04. The van der Waals surface area contributed by atoms with Crippen molar-refractivity contribution in [3.05, 3.63) is 41.7 Å². The monoisotopic (exact) mass is 262 g/mol. The minimum absolute atomic E-state index is 0.0495. The fourth-order valence-corrected chi connectivity index (χ4v) is 2.86. The predicted molar refractivity (Wildman–Crippen MR) is 74.4 cm³/mol. The van der Waals surface area contributed by atoms with Gasteiger partial charge in [-0.15, -0.1) is 0 Å². The summed E-state index contributed by atoms with van der Waals surface area (Å²) in [5.74, 6) is 0. The third-order valence-corrected chi connectivity index (χ3v) is 4.29. The van der Waals surface area contributed by atoms with Crippen molar-refractivity contribution in [1.82, 2.24) is 14.8 Å². The largest absolute Gasteiger partial charge is 0.327 e. The van der Waals surface area contributed by atoms with Gasteiger partial charge in [-0.25, -0.2) is 9.67 Å². The first-order chi connectivity index (χ1) is 8.58. The lowest BCUT2D eigenvalue weighted by molar-refractivity contribution is 0.671. The van der Waals surface area contributed by atoms with Crippen LogP contribution in [0.1, 0.15) is 23.3 Å². The number of aromatic nitrogens is 3. The van der Waals surface area contributed by atoms with Crippen molar-refractivity contribution in [1.29, 1.82) is 0 Å². The lowest BCUT2D eigenvalue weighted by Crippen LogP contribution is -2.23. The number of thioether (sulfide) groups is 1. The molecule has 0 aliphatic rings. The number of rotatable bonds is 4. The third kappa shape index (κ3) is 2.91. The van der Waals surface area contributed by atoms with Gasteiger partial charge in [0.05, 0.1) is 5.25 Å². The average Bonchev–Trinajstić information content (AvgIpc) is 2.71. The SMILES string of the molecule is Cc1cccc(C(Sc2ncnn2C)C(C)N)c1. The Labute approximate surface area is 112 Å². The Morgan fingerprint density at radius 3 is 2.72 bits per heavy atom. The van der Waals surface area contributed by atoms with E-state index in [0.717, 1.165) is 5.16 Å². The van der Waals surface area contributed by atoms with E-state index in [1.165, 1.54) is 11.1 Å². The van der Waals surface area contributed by atoms with Crippen LogP contribution in [0.3, 0.4) is 0 Å². The van der Waals surface area contributed by atoms with Gasteiger partial charge in [0.15, 0.2) is 5.16 Å². The van der Waals surface area contributed by atoms with Gasteiger partial charge in [0.25, 0.3) is 0 Å². The Morgan fingerprint density at radius 1 is 1.39 bits per heavy atom. The maximum atomic E-state index is 6.11.